The van der Waals surface area contributed by atoms with Gasteiger partial charge in [-0.25, -0.2) is 4.79 Å². The molecule has 0 fully saturated rings. The molecule has 0 spiro atoms. The fourth-order valence-electron chi connectivity index (χ4n) is 1.33. The normalized spacial score (nSPS) is 10.6. The van der Waals surface area contributed by atoms with Crippen molar-refractivity contribution in [2.24, 2.45) is 7.05 Å². The van der Waals surface area contributed by atoms with Gasteiger partial charge in [0.15, 0.2) is 0 Å². The molecular formula is C11H9BrN2O3S. The van der Waals surface area contributed by atoms with Crippen molar-refractivity contribution >= 4 is 27.7 Å². The summed E-state index contributed by atoms with van der Waals surface area (Å²) in [7, 11) is 1.49. The molecule has 5 nitrogen and oxygen atoms in total. The maximum absolute atomic E-state index is 11.5. The maximum Gasteiger partial charge on any atom is 0.365 e. The Bertz CT molecular complexity index is 708. The zero-order chi connectivity index (χ0) is 13.3. The van der Waals surface area contributed by atoms with Crippen molar-refractivity contribution in [1.29, 1.82) is 0 Å². The standard InChI is InChI=1S/C11H9BrN2O3S/c1-13-10(6-9(15)14(17)11(13)16)18-8-5-3-2-4-7(8)12/h2-6,17H,1H3. The molecule has 0 atom stereocenters. The first-order chi connectivity index (χ1) is 8.50. The van der Waals surface area contributed by atoms with Crippen molar-refractivity contribution < 1.29 is 5.21 Å². The molecule has 2 rings (SSSR count). The molecule has 18 heavy (non-hydrogen) atoms. The van der Waals surface area contributed by atoms with E-state index in [9.17, 15) is 14.8 Å². The van der Waals surface area contributed by atoms with Crippen LogP contribution in [0.15, 0.2) is 54.3 Å². The summed E-state index contributed by atoms with van der Waals surface area (Å²) in [6, 6.07) is 8.68. The number of hydrogen-bond acceptors (Lipinski definition) is 4. The first-order valence-electron chi connectivity index (χ1n) is 4.95. The molecule has 0 aliphatic carbocycles. The van der Waals surface area contributed by atoms with E-state index in [-0.39, 0.29) is 4.73 Å². The van der Waals surface area contributed by atoms with Gasteiger partial charge in [0.1, 0.15) is 0 Å². The van der Waals surface area contributed by atoms with E-state index < -0.39 is 11.2 Å². The van der Waals surface area contributed by atoms with Gasteiger partial charge in [-0.2, -0.15) is 0 Å². The number of rotatable bonds is 2. The zero-order valence-electron chi connectivity index (χ0n) is 9.33. The average molecular weight is 329 g/mol. The highest BCUT2D eigenvalue weighted by Gasteiger charge is 2.10. The van der Waals surface area contributed by atoms with Gasteiger partial charge in [0.2, 0.25) is 0 Å². The molecule has 1 N–H and O–H groups in total. The Kier molecular flexibility index (Phi) is 3.63. The molecule has 1 aromatic carbocycles. The Morgan fingerprint density at radius 1 is 1.28 bits per heavy atom. The van der Waals surface area contributed by atoms with Crippen molar-refractivity contribution in [1.82, 2.24) is 9.30 Å². The molecule has 0 amide bonds. The van der Waals surface area contributed by atoms with Gasteiger partial charge in [-0.3, -0.25) is 9.36 Å². The fraction of sp³-hybridized carbons (Fsp3) is 0.0909. The average Bonchev–Trinajstić information content (AvgIpc) is 2.36. The lowest BCUT2D eigenvalue weighted by molar-refractivity contribution is 0.153. The maximum atomic E-state index is 11.5. The van der Waals surface area contributed by atoms with Crippen molar-refractivity contribution in [2.45, 2.75) is 9.92 Å². The molecule has 1 heterocycles. The summed E-state index contributed by atoms with van der Waals surface area (Å²) >= 11 is 4.66. The van der Waals surface area contributed by atoms with E-state index in [0.29, 0.717) is 5.03 Å². The molecule has 1 aromatic heterocycles. The highest BCUT2D eigenvalue weighted by molar-refractivity contribution is 9.10. The van der Waals surface area contributed by atoms with Crippen molar-refractivity contribution in [3.8, 4) is 0 Å². The third kappa shape index (κ3) is 2.37. The largest absolute Gasteiger partial charge is 0.421 e. The van der Waals surface area contributed by atoms with Gasteiger partial charge in [0, 0.05) is 22.5 Å². The second kappa shape index (κ2) is 5.03. The summed E-state index contributed by atoms with van der Waals surface area (Å²) < 4.78 is 2.17. The molecule has 0 saturated heterocycles. The fourth-order valence-corrected chi connectivity index (χ4v) is 2.77. The Morgan fingerprint density at radius 2 is 1.94 bits per heavy atom. The van der Waals surface area contributed by atoms with Gasteiger partial charge in [-0.05, 0) is 28.1 Å². The van der Waals surface area contributed by atoms with E-state index in [1.807, 2.05) is 24.3 Å². The molecule has 0 bridgehead atoms. The van der Waals surface area contributed by atoms with Crippen LogP contribution in [0, 0.1) is 0 Å². The smallest absolute Gasteiger partial charge is 0.365 e. The van der Waals surface area contributed by atoms with E-state index in [4.69, 9.17) is 0 Å². The molecule has 0 saturated carbocycles. The summed E-state index contributed by atoms with van der Waals surface area (Å²) in [4.78, 5) is 23.8. The molecule has 0 unspecified atom stereocenters. The Balaban J connectivity index is 2.52. The summed E-state index contributed by atoms with van der Waals surface area (Å²) in [6.45, 7) is 0. The van der Waals surface area contributed by atoms with Crippen molar-refractivity contribution in [3.63, 3.8) is 0 Å². The number of hydrogen-bond donors (Lipinski definition) is 1. The Labute approximate surface area is 115 Å². The number of nitrogens with zero attached hydrogens (tertiary/aromatic N) is 2. The van der Waals surface area contributed by atoms with Gasteiger partial charge in [0.05, 0.1) is 5.03 Å². The summed E-state index contributed by atoms with van der Waals surface area (Å²) in [5, 5.41) is 9.64. The second-order valence-electron chi connectivity index (χ2n) is 3.51. The molecule has 94 valence electrons. The van der Waals surface area contributed by atoms with E-state index in [1.54, 1.807) is 0 Å². The molecular weight excluding hydrogens is 320 g/mol. The number of aromatic nitrogens is 2. The van der Waals surface area contributed by atoms with Crippen LogP contribution in [0.5, 0.6) is 0 Å². The van der Waals surface area contributed by atoms with Crippen LogP contribution in [-0.4, -0.2) is 14.5 Å². The van der Waals surface area contributed by atoms with Crippen molar-refractivity contribution in [3.05, 3.63) is 55.6 Å². The minimum absolute atomic E-state index is 0.0874. The lowest BCUT2D eigenvalue weighted by atomic mass is 10.4. The van der Waals surface area contributed by atoms with E-state index in [1.165, 1.54) is 29.4 Å². The van der Waals surface area contributed by atoms with E-state index >= 15 is 0 Å². The third-order valence-corrected chi connectivity index (χ3v) is 4.44. The molecule has 2 aromatic rings. The van der Waals surface area contributed by atoms with Crippen LogP contribution in [0.4, 0.5) is 0 Å². The highest BCUT2D eigenvalue weighted by atomic mass is 79.9. The molecule has 7 heteroatoms. The quantitative estimate of drug-likeness (QED) is 0.673. The third-order valence-electron chi connectivity index (χ3n) is 2.31. The monoisotopic (exact) mass is 328 g/mol. The Morgan fingerprint density at radius 3 is 2.61 bits per heavy atom. The van der Waals surface area contributed by atoms with Gasteiger partial charge >= 0.3 is 5.69 Å². The van der Waals surface area contributed by atoms with Crippen LogP contribution in [0.25, 0.3) is 0 Å². The predicted molar refractivity (Wildman–Crippen MR) is 71.4 cm³/mol. The minimum atomic E-state index is -0.767. The second-order valence-corrected chi connectivity index (χ2v) is 5.42. The summed E-state index contributed by atoms with van der Waals surface area (Å²) in [5.41, 5.74) is -1.51. The summed E-state index contributed by atoms with van der Waals surface area (Å²) in [6.07, 6.45) is 0. The predicted octanol–water partition coefficient (Wildman–Crippen LogP) is 1.70. The van der Waals surface area contributed by atoms with Crippen LogP contribution in [-0.2, 0) is 7.05 Å². The molecule has 0 aliphatic rings. The lowest BCUT2D eigenvalue weighted by Crippen LogP contribution is -2.37. The molecule has 0 aliphatic heterocycles. The van der Waals surface area contributed by atoms with Crippen LogP contribution in [0.2, 0.25) is 0 Å². The number of halogens is 1. The van der Waals surface area contributed by atoms with Gasteiger partial charge < -0.3 is 5.21 Å². The first kappa shape index (κ1) is 13.0. The Hall–Kier alpha value is -1.47. The van der Waals surface area contributed by atoms with E-state index in [0.717, 1.165) is 9.37 Å². The van der Waals surface area contributed by atoms with Crippen LogP contribution in [0.3, 0.4) is 0 Å². The molecule has 0 radical (unpaired) electrons. The summed E-state index contributed by atoms with van der Waals surface area (Å²) in [5.74, 6) is 0. The first-order valence-corrected chi connectivity index (χ1v) is 6.56. The van der Waals surface area contributed by atoms with Crippen LogP contribution < -0.4 is 11.2 Å². The van der Waals surface area contributed by atoms with E-state index in [2.05, 4.69) is 15.9 Å². The van der Waals surface area contributed by atoms with Crippen LogP contribution in [0.1, 0.15) is 0 Å². The van der Waals surface area contributed by atoms with Gasteiger partial charge in [-0.1, -0.05) is 28.6 Å². The minimum Gasteiger partial charge on any atom is -0.421 e. The highest BCUT2D eigenvalue weighted by Crippen LogP contribution is 2.31. The SMILES string of the molecule is Cn1c(Sc2ccccc2Br)cc(=O)n(O)c1=O. The van der Waals surface area contributed by atoms with Crippen LogP contribution >= 0.6 is 27.7 Å². The lowest BCUT2D eigenvalue weighted by Gasteiger charge is -2.08. The zero-order valence-corrected chi connectivity index (χ0v) is 11.7. The topological polar surface area (TPSA) is 64.2 Å². The van der Waals surface area contributed by atoms with Crippen molar-refractivity contribution in [2.75, 3.05) is 0 Å². The van der Waals surface area contributed by atoms with Gasteiger partial charge in [-0.15, -0.1) is 0 Å². The number of benzene rings is 1. The van der Waals surface area contributed by atoms with Gasteiger partial charge in [0.25, 0.3) is 5.56 Å².